The van der Waals surface area contributed by atoms with E-state index in [1.54, 1.807) is 0 Å². The van der Waals surface area contributed by atoms with Crippen molar-refractivity contribution in [2.75, 3.05) is 0 Å². The van der Waals surface area contributed by atoms with Gasteiger partial charge in [-0.15, -0.1) is 0 Å². The molecule has 0 spiro atoms. The smallest absolute Gasteiger partial charge is 0.872 e. The topological polar surface area (TPSA) is 60.4 Å². The Kier molecular flexibility index (Phi) is 10.5. The van der Waals surface area contributed by atoms with Gasteiger partial charge in [0.1, 0.15) is 0 Å². The number of benzene rings is 1. The molecule has 0 saturated carbocycles. The quantitative estimate of drug-likeness (QED) is 0.645. The first-order chi connectivity index (χ1) is 6.63. The number of aromatic carboxylic acids is 1. The number of rotatable bonds is 2. The molecule has 0 unspecified atom stereocenters. The Morgan fingerprint density at radius 2 is 1.93 bits per heavy atom. The standard InChI is InChI=1S/C7H6O3.C4H9.Fe/c8-6-4-2-1-3-5(6)7(9)10;1-3-4-2;/h1-4,8H,(H,9,10);1,3-4H2,2H3;/q;-1;+2/p-1. The van der Waals surface area contributed by atoms with Crippen molar-refractivity contribution < 1.29 is 32.1 Å². The number of hydrogen-bond donors (Lipinski definition) is 1. The first-order valence-electron chi connectivity index (χ1n) is 4.42. The van der Waals surface area contributed by atoms with Crippen molar-refractivity contribution in [1.29, 1.82) is 0 Å². The Balaban J connectivity index is 0. The van der Waals surface area contributed by atoms with Crippen LogP contribution in [0.5, 0.6) is 5.75 Å². The van der Waals surface area contributed by atoms with Crippen LogP contribution in [-0.2, 0) is 17.1 Å². The Labute approximate surface area is 101 Å². The summed E-state index contributed by atoms with van der Waals surface area (Å²) in [5, 5.41) is 19.0. The van der Waals surface area contributed by atoms with Crippen molar-refractivity contribution in [2.45, 2.75) is 19.8 Å². The summed E-state index contributed by atoms with van der Waals surface area (Å²) in [6.45, 7) is 5.72. The number of para-hydroxylation sites is 1. The molecule has 1 aromatic rings. The van der Waals surface area contributed by atoms with Crippen LogP contribution in [-0.4, -0.2) is 11.1 Å². The van der Waals surface area contributed by atoms with E-state index >= 15 is 0 Å². The molecule has 0 heterocycles. The second-order valence-corrected chi connectivity index (χ2v) is 2.65. The maximum atomic E-state index is 10.7. The second kappa shape index (κ2) is 9.56. The summed E-state index contributed by atoms with van der Waals surface area (Å²) in [7, 11) is 0. The van der Waals surface area contributed by atoms with Gasteiger partial charge in [0.05, 0.1) is 5.56 Å². The molecule has 1 rings (SSSR count). The summed E-state index contributed by atoms with van der Waals surface area (Å²) in [5.41, 5.74) is -0.178. The van der Waals surface area contributed by atoms with Gasteiger partial charge in [-0.25, -0.2) is 4.79 Å². The molecule has 0 aliphatic rings. The average molecular weight is 250 g/mol. The summed E-state index contributed by atoms with van der Waals surface area (Å²) in [6.07, 6.45) is 2.28. The molecule has 0 saturated heterocycles. The minimum atomic E-state index is -1.18. The van der Waals surface area contributed by atoms with Gasteiger partial charge in [0.2, 0.25) is 0 Å². The third-order valence-electron chi connectivity index (χ3n) is 1.47. The largest absolute Gasteiger partial charge is 2.00 e. The number of hydrogen-bond acceptors (Lipinski definition) is 2. The fourth-order valence-electron chi connectivity index (χ4n) is 0.643. The third kappa shape index (κ3) is 7.00. The van der Waals surface area contributed by atoms with Gasteiger partial charge in [0.15, 0.2) is 0 Å². The molecule has 3 nitrogen and oxygen atoms in total. The van der Waals surface area contributed by atoms with Crippen molar-refractivity contribution >= 4 is 5.97 Å². The van der Waals surface area contributed by atoms with Crippen molar-refractivity contribution in [1.82, 2.24) is 0 Å². The summed E-state index contributed by atoms with van der Waals surface area (Å²) in [4.78, 5) is 10.2. The minimum absolute atomic E-state index is 0. The summed E-state index contributed by atoms with van der Waals surface area (Å²) in [5.74, 6) is -1.62. The van der Waals surface area contributed by atoms with Crippen LogP contribution in [0.25, 0.3) is 0 Å². The number of carboxylic acid groups (broad SMARTS) is 1. The molecule has 0 aliphatic carbocycles. The van der Waals surface area contributed by atoms with Gasteiger partial charge in [-0.3, -0.25) is 0 Å². The predicted octanol–water partition coefficient (Wildman–Crippen LogP) is 2.08. The molecule has 1 N–H and O–H groups in total. The Morgan fingerprint density at radius 3 is 2.20 bits per heavy atom. The zero-order valence-electron chi connectivity index (χ0n) is 8.55. The summed E-state index contributed by atoms with van der Waals surface area (Å²) < 4.78 is 0. The third-order valence-corrected chi connectivity index (χ3v) is 1.47. The first-order valence-corrected chi connectivity index (χ1v) is 4.42. The van der Waals surface area contributed by atoms with Gasteiger partial charge in [0.25, 0.3) is 0 Å². The molecular formula is C11H14FeO3. The van der Waals surface area contributed by atoms with E-state index in [9.17, 15) is 9.90 Å². The van der Waals surface area contributed by atoms with E-state index in [0.717, 1.165) is 6.42 Å². The molecule has 0 radical (unpaired) electrons. The van der Waals surface area contributed by atoms with Crippen LogP contribution in [0.1, 0.15) is 30.1 Å². The molecular weight excluding hydrogens is 236 g/mol. The van der Waals surface area contributed by atoms with E-state index in [1.165, 1.54) is 30.7 Å². The SMILES string of the molecule is O=C(O)c1ccccc1[O-].[CH2-]CCC.[Fe+2]. The maximum absolute atomic E-state index is 10.7. The Bertz CT molecular complexity index is 285. The molecule has 0 atom stereocenters. The summed E-state index contributed by atoms with van der Waals surface area (Å²) >= 11 is 0. The maximum Gasteiger partial charge on any atom is 2.00 e. The predicted molar refractivity (Wildman–Crippen MR) is 53.1 cm³/mol. The van der Waals surface area contributed by atoms with Gasteiger partial charge in [-0.2, -0.15) is 6.42 Å². The van der Waals surface area contributed by atoms with Crippen LogP contribution < -0.4 is 5.11 Å². The fraction of sp³-hybridized carbons (Fsp3) is 0.273. The molecule has 0 amide bonds. The molecule has 15 heavy (non-hydrogen) atoms. The van der Waals surface area contributed by atoms with Gasteiger partial charge < -0.3 is 17.1 Å². The van der Waals surface area contributed by atoms with Gasteiger partial charge in [-0.05, 0) is 6.07 Å². The number of carbonyl (C=O) groups is 1. The van der Waals surface area contributed by atoms with Crippen LogP contribution in [0.4, 0.5) is 0 Å². The van der Waals surface area contributed by atoms with E-state index in [4.69, 9.17) is 5.11 Å². The molecule has 0 aromatic heterocycles. The first kappa shape index (κ1) is 16.4. The van der Waals surface area contributed by atoms with Crippen molar-refractivity contribution in [2.24, 2.45) is 0 Å². The van der Waals surface area contributed by atoms with Crippen LogP contribution >= 0.6 is 0 Å². The molecule has 84 valence electrons. The van der Waals surface area contributed by atoms with E-state index in [0.29, 0.717) is 0 Å². The molecule has 4 heteroatoms. The zero-order chi connectivity index (χ0) is 11.0. The van der Waals surface area contributed by atoms with Crippen molar-refractivity contribution in [3.05, 3.63) is 36.8 Å². The van der Waals surface area contributed by atoms with Crippen LogP contribution in [0.15, 0.2) is 24.3 Å². The number of carboxylic acids is 1. The summed E-state index contributed by atoms with van der Waals surface area (Å²) in [6, 6.07) is 5.54. The van der Waals surface area contributed by atoms with Crippen LogP contribution in [0.2, 0.25) is 0 Å². The average Bonchev–Trinajstić information content (AvgIpc) is 2.18. The monoisotopic (exact) mass is 250 g/mol. The molecule has 0 aliphatic heterocycles. The van der Waals surface area contributed by atoms with Gasteiger partial charge in [-0.1, -0.05) is 37.3 Å². The van der Waals surface area contributed by atoms with Crippen LogP contribution in [0.3, 0.4) is 0 Å². The van der Waals surface area contributed by atoms with Gasteiger partial charge in [0, 0.05) is 0 Å². The Hall–Kier alpha value is -0.991. The minimum Gasteiger partial charge on any atom is -0.872 e. The van der Waals surface area contributed by atoms with E-state index in [2.05, 4.69) is 13.8 Å². The molecule has 0 fully saturated rings. The zero-order valence-corrected chi connectivity index (χ0v) is 9.65. The van der Waals surface area contributed by atoms with Crippen molar-refractivity contribution in [3.8, 4) is 5.75 Å². The van der Waals surface area contributed by atoms with Crippen LogP contribution in [0, 0.1) is 6.92 Å². The molecule has 1 aromatic carbocycles. The van der Waals surface area contributed by atoms with E-state index in [-0.39, 0.29) is 22.6 Å². The van der Waals surface area contributed by atoms with E-state index in [1.807, 2.05) is 0 Å². The van der Waals surface area contributed by atoms with Crippen molar-refractivity contribution in [3.63, 3.8) is 0 Å². The fourth-order valence-corrected chi connectivity index (χ4v) is 0.643. The number of unbranched alkanes of at least 4 members (excludes halogenated alkanes) is 1. The Morgan fingerprint density at radius 1 is 1.47 bits per heavy atom. The van der Waals surface area contributed by atoms with E-state index < -0.39 is 11.7 Å². The normalized spacial score (nSPS) is 8.13. The molecule has 0 bridgehead atoms. The second-order valence-electron chi connectivity index (χ2n) is 2.65. The van der Waals surface area contributed by atoms with Gasteiger partial charge >= 0.3 is 23.0 Å².